The minimum absolute atomic E-state index is 0.00372. The van der Waals surface area contributed by atoms with Crippen LogP contribution in [0, 0.1) is 6.92 Å². The van der Waals surface area contributed by atoms with Gasteiger partial charge >= 0.3 is 0 Å². The van der Waals surface area contributed by atoms with Crippen molar-refractivity contribution >= 4 is 11.0 Å². The van der Waals surface area contributed by atoms with Gasteiger partial charge in [-0.3, -0.25) is 10.00 Å². The maximum Gasteiger partial charge on any atom is 0.182 e. The lowest BCUT2D eigenvalue weighted by Crippen LogP contribution is -2.61. The third-order valence-electron chi connectivity index (χ3n) is 6.02. The summed E-state index contributed by atoms with van der Waals surface area (Å²) >= 11 is 0. The maximum atomic E-state index is 9.61. The van der Waals surface area contributed by atoms with Crippen LogP contribution < -0.4 is 5.32 Å². The number of aromatic amines is 1. The lowest BCUT2D eigenvalue weighted by atomic mass is 9.98. The van der Waals surface area contributed by atoms with Gasteiger partial charge in [-0.15, -0.1) is 0 Å². The molecular formula is C22H27N5O2. The van der Waals surface area contributed by atoms with Crippen molar-refractivity contribution in [3.63, 3.8) is 0 Å². The van der Waals surface area contributed by atoms with E-state index >= 15 is 0 Å². The number of nitrogens with one attached hydrogen (secondary N) is 2. The predicted molar refractivity (Wildman–Crippen MR) is 112 cm³/mol. The molecule has 2 aliphatic heterocycles. The van der Waals surface area contributed by atoms with E-state index < -0.39 is 0 Å². The molecule has 3 unspecified atom stereocenters. The maximum absolute atomic E-state index is 9.61. The lowest BCUT2D eigenvalue weighted by molar-refractivity contribution is 0.0594. The second-order valence-corrected chi connectivity index (χ2v) is 8.92. The number of nitrogens with zero attached hydrogens (tertiary/aromatic N) is 3. The molecule has 0 aliphatic carbocycles. The molecule has 3 atom stereocenters. The van der Waals surface area contributed by atoms with Crippen LogP contribution in [-0.4, -0.2) is 56.1 Å². The van der Waals surface area contributed by atoms with Gasteiger partial charge in [0.25, 0.3) is 0 Å². The number of epoxide rings is 1. The van der Waals surface area contributed by atoms with E-state index in [-0.39, 0.29) is 23.6 Å². The molecule has 2 saturated heterocycles. The normalized spacial score (nSPS) is 26.7. The van der Waals surface area contributed by atoms with Crippen LogP contribution in [0.1, 0.15) is 38.1 Å². The number of pyridine rings is 1. The topological polar surface area (TPSA) is 89.6 Å². The smallest absolute Gasteiger partial charge is 0.182 e. The van der Waals surface area contributed by atoms with Gasteiger partial charge in [0.1, 0.15) is 18.1 Å². The number of fused-ring (bicyclic) bond motifs is 1. The number of hydrogen-bond acceptors (Lipinski definition) is 6. The SMILES string of the molecule is Cc1[nH]nc2nc(-c3ccc(O)cc3)cc(C3OC3N3CC(C)(C)NCC3C)c12. The Hall–Kier alpha value is -2.48. The molecule has 7 nitrogen and oxygen atoms in total. The minimum Gasteiger partial charge on any atom is -0.508 e. The van der Waals surface area contributed by atoms with E-state index in [9.17, 15) is 5.11 Å². The largest absolute Gasteiger partial charge is 0.508 e. The molecule has 1 aromatic carbocycles. The second-order valence-electron chi connectivity index (χ2n) is 8.92. The highest BCUT2D eigenvalue weighted by molar-refractivity contribution is 5.85. The van der Waals surface area contributed by atoms with Gasteiger partial charge in [0.15, 0.2) is 5.65 Å². The molecule has 2 fully saturated rings. The summed E-state index contributed by atoms with van der Waals surface area (Å²) in [4.78, 5) is 7.20. The Morgan fingerprint density at radius 1 is 1.24 bits per heavy atom. The van der Waals surface area contributed by atoms with Crippen LogP contribution >= 0.6 is 0 Å². The quantitative estimate of drug-likeness (QED) is 0.593. The molecule has 29 heavy (non-hydrogen) atoms. The van der Waals surface area contributed by atoms with E-state index in [2.05, 4.69) is 47.3 Å². The highest BCUT2D eigenvalue weighted by atomic mass is 16.6. The number of ether oxygens (including phenoxy) is 1. The number of aryl methyl sites for hydroxylation is 1. The highest BCUT2D eigenvalue weighted by Gasteiger charge is 2.50. The monoisotopic (exact) mass is 393 g/mol. The highest BCUT2D eigenvalue weighted by Crippen LogP contribution is 2.46. The fourth-order valence-corrected chi connectivity index (χ4v) is 4.35. The Balaban J connectivity index is 1.53. The molecule has 0 amide bonds. The van der Waals surface area contributed by atoms with Crippen molar-refractivity contribution in [2.24, 2.45) is 0 Å². The van der Waals surface area contributed by atoms with Gasteiger partial charge in [-0.25, -0.2) is 4.98 Å². The Kier molecular flexibility index (Phi) is 4.17. The van der Waals surface area contributed by atoms with Crippen molar-refractivity contribution in [2.75, 3.05) is 13.1 Å². The first-order chi connectivity index (χ1) is 13.8. The number of rotatable bonds is 3. The number of H-pyrrole nitrogens is 1. The van der Waals surface area contributed by atoms with Gasteiger partial charge in [-0.05, 0) is 63.6 Å². The van der Waals surface area contributed by atoms with Gasteiger partial charge in [0, 0.05) is 41.3 Å². The van der Waals surface area contributed by atoms with E-state index in [4.69, 9.17) is 9.72 Å². The molecule has 0 saturated carbocycles. The lowest BCUT2D eigenvalue weighted by Gasteiger charge is -2.42. The van der Waals surface area contributed by atoms with Crippen molar-refractivity contribution in [1.29, 1.82) is 0 Å². The summed E-state index contributed by atoms with van der Waals surface area (Å²) in [5.41, 5.74) is 4.67. The molecule has 2 aromatic heterocycles. The average molecular weight is 393 g/mol. The summed E-state index contributed by atoms with van der Waals surface area (Å²) < 4.78 is 6.24. The minimum atomic E-state index is 0.00372. The third kappa shape index (κ3) is 3.29. The molecule has 5 rings (SSSR count). The van der Waals surface area contributed by atoms with Crippen LogP contribution in [0.15, 0.2) is 30.3 Å². The number of phenols is 1. The number of phenolic OH excluding ortho intramolecular Hbond substituents is 1. The summed E-state index contributed by atoms with van der Waals surface area (Å²) in [5, 5.41) is 21.7. The van der Waals surface area contributed by atoms with Gasteiger partial charge in [-0.1, -0.05) is 0 Å². The molecule has 4 heterocycles. The number of aromatic hydroxyl groups is 1. The average Bonchev–Trinajstić information content (AvgIpc) is 3.40. The Labute approximate surface area is 170 Å². The van der Waals surface area contributed by atoms with E-state index in [0.717, 1.165) is 41.0 Å². The van der Waals surface area contributed by atoms with E-state index in [1.54, 1.807) is 12.1 Å². The fourth-order valence-electron chi connectivity index (χ4n) is 4.35. The van der Waals surface area contributed by atoms with Crippen molar-refractivity contribution in [3.05, 3.63) is 41.6 Å². The van der Waals surface area contributed by atoms with E-state index in [0.29, 0.717) is 11.7 Å². The zero-order valence-electron chi connectivity index (χ0n) is 17.2. The molecule has 0 spiro atoms. The first-order valence-corrected chi connectivity index (χ1v) is 10.1. The van der Waals surface area contributed by atoms with Crippen molar-refractivity contribution < 1.29 is 9.84 Å². The molecule has 0 radical (unpaired) electrons. The van der Waals surface area contributed by atoms with Crippen LogP contribution in [0.25, 0.3) is 22.3 Å². The van der Waals surface area contributed by atoms with Gasteiger partial charge < -0.3 is 15.2 Å². The van der Waals surface area contributed by atoms with Crippen LogP contribution in [0.5, 0.6) is 5.75 Å². The molecule has 3 N–H and O–H groups in total. The predicted octanol–water partition coefficient (Wildman–Crippen LogP) is 3.11. The second kappa shape index (κ2) is 6.52. The molecule has 152 valence electrons. The van der Waals surface area contributed by atoms with Crippen LogP contribution in [-0.2, 0) is 4.74 Å². The first kappa shape index (κ1) is 18.5. The van der Waals surface area contributed by atoms with Crippen molar-refractivity contribution in [3.8, 4) is 17.0 Å². The fraction of sp³-hybridized carbons (Fsp3) is 0.455. The van der Waals surface area contributed by atoms with E-state index in [1.165, 1.54) is 0 Å². The van der Waals surface area contributed by atoms with Crippen molar-refractivity contribution in [1.82, 2.24) is 25.4 Å². The molecule has 0 bridgehead atoms. The zero-order valence-corrected chi connectivity index (χ0v) is 17.2. The summed E-state index contributed by atoms with van der Waals surface area (Å²) in [5.74, 6) is 0.242. The van der Waals surface area contributed by atoms with Crippen LogP contribution in [0.4, 0.5) is 0 Å². The third-order valence-corrected chi connectivity index (χ3v) is 6.02. The number of aromatic nitrogens is 3. The summed E-state index contributed by atoms with van der Waals surface area (Å²) in [6, 6.07) is 9.63. The summed E-state index contributed by atoms with van der Waals surface area (Å²) in [6.07, 6.45) is 0.0722. The number of piperazine rings is 1. The number of benzene rings is 1. The first-order valence-electron chi connectivity index (χ1n) is 10.1. The Morgan fingerprint density at radius 2 is 2.00 bits per heavy atom. The summed E-state index contributed by atoms with van der Waals surface area (Å²) in [7, 11) is 0. The molecular weight excluding hydrogens is 366 g/mol. The number of hydrogen-bond donors (Lipinski definition) is 3. The van der Waals surface area contributed by atoms with Crippen molar-refractivity contribution in [2.45, 2.75) is 51.6 Å². The van der Waals surface area contributed by atoms with Gasteiger partial charge in [0.05, 0.1) is 5.69 Å². The Bertz CT molecular complexity index is 1060. The van der Waals surface area contributed by atoms with Gasteiger partial charge in [-0.2, -0.15) is 5.10 Å². The summed E-state index contributed by atoms with van der Waals surface area (Å²) in [6.45, 7) is 10.6. The standard InChI is InChI=1S/C22H27N5O2/c1-12-10-23-22(3,4)11-27(12)21-19(29-21)16-9-17(14-5-7-15(28)8-6-14)24-20-18(16)13(2)25-26-20/h5-9,12,19,21,23,28H,10-11H2,1-4H3,(H,24,25,26). The van der Waals surface area contributed by atoms with E-state index in [1.807, 2.05) is 19.1 Å². The zero-order chi connectivity index (χ0) is 20.3. The van der Waals surface area contributed by atoms with Crippen LogP contribution in [0.3, 0.4) is 0 Å². The Morgan fingerprint density at radius 3 is 2.76 bits per heavy atom. The van der Waals surface area contributed by atoms with Crippen LogP contribution in [0.2, 0.25) is 0 Å². The van der Waals surface area contributed by atoms with Gasteiger partial charge in [0.2, 0.25) is 0 Å². The molecule has 3 aromatic rings. The molecule has 2 aliphatic rings. The molecule has 7 heteroatoms.